The molecule has 2 aromatic heterocycles. The molecule has 1 atom stereocenters. The summed E-state index contributed by atoms with van der Waals surface area (Å²) in [5, 5.41) is 5.76. The lowest BCUT2D eigenvalue weighted by molar-refractivity contribution is 0.0686. The predicted molar refractivity (Wildman–Crippen MR) is 117 cm³/mol. The molecular formula is C21H27ClN4OS. The van der Waals surface area contributed by atoms with Crippen LogP contribution in [-0.2, 0) is 6.54 Å². The van der Waals surface area contributed by atoms with Gasteiger partial charge >= 0.3 is 0 Å². The van der Waals surface area contributed by atoms with E-state index in [2.05, 4.69) is 24.2 Å². The van der Waals surface area contributed by atoms with Gasteiger partial charge in [0, 0.05) is 24.5 Å². The Morgan fingerprint density at radius 3 is 2.61 bits per heavy atom. The summed E-state index contributed by atoms with van der Waals surface area (Å²) in [6.45, 7) is 6.40. The Hall–Kier alpha value is -1.89. The van der Waals surface area contributed by atoms with Crippen molar-refractivity contribution < 1.29 is 4.79 Å². The minimum absolute atomic E-state index is 0. The summed E-state index contributed by atoms with van der Waals surface area (Å²) in [4.78, 5) is 16.9. The number of hydrogen-bond donors (Lipinski definition) is 1. The molecule has 1 aromatic carbocycles. The highest BCUT2D eigenvalue weighted by molar-refractivity contribution is 7.20. The standard InChI is InChI=1S/C21H26N4OS.ClH/c1-14(22)17-8-10-24(11-9-17)20(26)19-12-18-15(2)23-25(21(18)27-19)13-16-6-4-3-5-7-16;/h3-7,12,14,17H,8-11,13,22H2,1-2H3;1H. The van der Waals surface area contributed by atoms with Gasteiger partial charge in [-0.05, 0) is 44.2 Å². The number of benzene rings is 1. The molecule has 5 nitrogen and oxygen atoms in total. The van der Waals surface area contributed by atoms with Crippen LogP contribution in [0, 0.1) is 12.8 Å². The van der Waals surface area contributed by atoms with Crippen LogP contribution in [0.15, 0.2) is 36.4 Å². The fourth-order valence-electron chi connectivity index (χ4n) is 3.87. The van der Waals surface area contributed by atoms with Crippen molar-refractivity contribution in [3.63, 3.8) is 0 Å². The van der Waals surface area contributed by atoms with Crippen molar-refractivity contribution in [2.45, 2.75) is 39.3 Å². The number of carbonyl (C=O) groups excluding carboxylic acids is 1. The molecule has 7 heteroatoms. The molecule has 0 saturated carbocycles. The first kappa shape index (κ1) is 20.8. The second-order valence-electron chi connectivity index (χ2n) is 7.55. The van der Waals surface area contributed by atoms with Crippen LogP contribution in [0.4, 0.5) is 0 Å². The van der Waals surface area contributed by atoms with E-state index in [4.69, 9.17) is 5.73 Å². The molecule has 4 rings (SSSR count). The summed E-state index contributed by atoms with van der Waals surface area (Å²) < 4.78 is 2.02. The summed E-state index contributed by atoms with van der Waals surface area (Å²) in [5.41, 5.74) is 8.21. The van der Waals surface area contributed by atoms with Gasteiger partial charge in [-0.25, -0.2) is 0 Å². The van der Waals surface area contributed by atoms with E-state index in [0.717, 1.165) is 53.3 Å². The van der Waals surface area contributed by atoms with E-state index in [1.54, 1.807) is 11.3 Å². The Balaban J connectivity index is 0.00000225. The lowest BCUT2D eigenvalue weighted by atomic mass is 9.91. The van der Waals surface area contributed by atoms with Gasteiger partial charge in [-0.3, -0.25) is 9.48 Å². The zero-order chi connectivity index (χ0) is 19.0. The maximum atomic E-state index is 13.0. The Kier molecular flexibility index (Phi) is 6.43. The Morgan fingerprint density at radius 1 is 1.29 bits per heavy atom. The molecule has 3 heterocycles. The monoisotopic (exact) mass is 418 g/mol. The number of likely N-dealkylation sites (tertiary alicyclic amines) is 1. The zero-order valence-electron chi connectivity index (χ0n) is 16.3. The molecule has 0 bridgehead atoms. The Bertz CT molecular complexity index is 942. The smallest absolute Gasteiger partial charge is 0.264 e. The van der Waals surface area contributed by atoms with Gasteiger partial charge in [-0.2, -0.15) is 5.10 Å². The van der Waals surface area contributed by atoms with E-state index in [0.29, 0.717) is 5.92 Å². The van der Waals surface area contributed by atoms with Crippen LogP contribution in [-0.4, -0.2) is 39.7 Å². The first-order valence-electron chi connectivity index (χ1n) is 9.58. The lowest BCUT2D eigenvalue weighted by Crippen LogP contribution is -2.42. The number of carbonyl (C=O) groups is 1. The van der Waals surface area contributed by atoms with E-state index >= 15 is 0 Å². The lowest BCUT2D eigenvalue weighted by Gasteiger charge is -2.33. The van der Waals surface area contributed by atoms with Gasteiger partial charge in [0.2, 0.25) is 0 Å². The van der Waals surface area contributed by atoms with Crippen molar-refractivity contribution >= 4 is 39.9 Å². The molecule has 1 aliphatic rings. The third-order valence-electron chi connectivity index (χ3n) is 5.56. The van der Waals surface area contributed by atoms with Crippen molar-refractivity contribution in [2.75, 3.05) is 13.1 Å². The molecule has 0 radical (unpaired) electrons. The highest BCUT2D eigenvalue weighted by Gasteiger charge is 2.27. The number of aryl methyl sites for hydroxylation is 1. The van der Waals surface area contributed by atoms with E-state index < -0.39 is 0 Å². The molecule has 1 fully saturated rings. The summed E-state index contributed by atoms with van der Waals surface area (Å²) in [5.74, 6) is 0.670. The number of aromatic nitrogens is 2. The van der Waals surface area contributed by atoms with Gasteiger partial charge in [-0.1, -0.05) is 30.3 Å². The number of rotatable bonds is 4. The largest absolute Gasteiger partial charge is 0.338 e. The number of thiophene rings is 1. The number of amides is 1. The van der Waals surface area contributed by atoms with Gasteiger partial charge in [0.15, 0.2) is 0 Å². The van der Waals surface area contributed by atoms with E-state index in [-0.39, 0.29) is 24.4 Å². The summed E-state index contributed by atoms with van der Waals surface area (Å²) >= 11 is 1.56. The molecule has 0 spiro atoms. The molecule has 1 saturated heterocycles. The van der Waals surface area contributed by atoms with Crippen LogP contribution in [0.2, 0.25) is 0 Å². The molecule has 2 N–H and O–H groups in total. The van der Waals surface area contributed by atoms with Crippen molar-refractivity contribution in [2.24, 2.45) is 11.7 Å². The highest BCUT2D eigenvalue weighted by atomic mass is 35.5. The van der Waals surface area contributed by atoms with Crippen molar-refractivity contribution in [1.82, 2.24) is 14.7 Å². The van der Waals surface area contributed by atoms with Crippen LogP contribution in [0.3, 0.4) is 0 Å². The second-order valence-corrected chi connectivity index (χ2v) is 8.58. The molecule has 1 amide bonds. The third-order valence-corrected chi connectivity index (χ3v) is 6.70. The van der Waals surface area contributed by atoms with Gasteiger partial charge in [0.1, 0.15) is 4.83 Å². The fraction of sp³-hybridized carbons (Fsp3) is 0.429. The Labute approximate surface area is 175 Å². The van der Waals surface area contributed by atoms with Crippen LogP contribution < -0.4 is 5.73 Å². The molecule has 1 unspecified atom stereocenters. The number of halogens is 1. The average Bonchev–Trinajstić information content (AvgIpc) is 3.24. The zero-order valence-corrected chi connectivity index (χ0v) is 17.9. The Morgan fingerprint density at radius 2 is 1.96 bits per heavy atom. The fourth-order valence-corrected chi connectivity index (χ4v) is 4.99. The molecule has 1 aliphatic heterocycles. The molecular weight excluding hydrogens is 392 g/mol. The maximum absolute atomic E-state index is 13.0. The molecule has 0 aliphatic carbocycles. The number of fused-ring (bicyclic) bond motifs is 1. The van der Waals surface area contributed by atoms with Gasteiger partial charge in [0.25, 0.3) is 5.91 Å². The summed E-state index contributed by atoms with van der Waals surface area (Å²) in [7, 11) is 0. The topological polar surface area (TPSA) is 64.2 Å². The first-order valence-corrected chi connectivity index (χ1v) is 10.4. The third kappa shape index (κ3) is 4.09. The van der Waals surface area contributed by atoms with Gasteiger partial charge < -0.3 is 10.6 Å². The van der Waals surface area contributed by atoms with Crippen LogP contribution in [0.1, 0.15) is 40.7 Å². The molecule has 3 aromatic rings. The first-order chi connectivity index (χ1) is 13.0. The molecule has 28 heavy (non-hydrogen) atoms. The quantitative estimate of drug-likeness (QED) is 0.694. The predicted octanol–water partition coefficient (Wildman–Crippen LogP) is 4.08. The SMILES string of the molecule is Cc1nn(Cc2ccccc2)c2sc(C(=O)N3CCC(C(C)N)CC3)cc12.Cl. The summed E-state index contributed by atoms with van der Waals surface area (Å²) in [6.07, 6.45) is 1.99. The van der Waals surface area contributed by atoms with Crippen molar-refractivity contribution in [1.29, 1.82) is 0 Å². The number of nitrogens with zero attached hydrogens (tertiary/aromatic N) is 3. The normalized spacial score (nSPS) is 16.2. The van der Waals surface area contributed by atoms with E-state index in [1.165, 1.54) is 5.56 Å². The van der Waals surface area contributed by atoms with E-state index in [9.17, 15) is 4.79 Å². The van der Waals surface area contributed by atoms with Crippen molar-refractivity contribution in [3.8, 4) is 0 Å². The van der Waals surface area contributed by atoms with Crippen LogP contribution in [0.25, 0.3) is 10.2 Å². The van der Waals surface area contributed by atoms with Gasteiger partial charge in [0.05, 0.1) is 17.1 Å². The van der Waals surface area contributed by atoms with Gasteiger partial charge in [-0.15, -0.1) is 23.7 Å². The molecule has 150 valence electrons. The average molecular weight is 419 g/mol. The van der Waals surface area contributed by atoms with Crippen LogP contribution >= 0.6 is 23.7 Å². The highest BCUT2D eigenvalue weighted by Crippen LogP contribution is 2.31. The minimum atomic E-state index is 0. The maximum Gasteiger partial charge on any atom is 0.264 e. The minimum Gasteiger partial charge on any atom is -0.338 e. The van der Waals surface area contributed by atoms with Crippen molar-refractivity contribution in [3.05, 3.63) is 52.5 Å². The number of piperidine rings is 1. The second kappa shape index (κ2) is 8.64. The van der Waals surface area contributed by atoms with E-state index in [1.807, 2.05) is 40.8 Å². The van der Waals surface area contributed by atoms with Crippen LogP contribution in [0.5, 0.6) is 0 Å². The summed E-state index contributed by atoms with van der Waals surface area (Å²) in [6, 6.07) is 12.5. The number of hydrogen-bond acceptors (Lipinski definition) is 4. The number of nitrogens with two attached hydrogens (primary N) is 1.